The Hall–Kier alpha value is -0.760. The molecule has 334 valence electrons. The minimum atomic E-state index is -4.33. The molecule has 0 aromatic heterocycles. The van der Waals surface area contributed by atoms with Crippen LogP contribution in [0, 0.1) is 0 Å². The zero-order valence-electron chi connectivity index (χ0n) is 37.9. The van der Waals surface area contributed by atoms with E-state index in [0.29, 0.717) is 17.4 Å². The van der Waals surface area contributed by atoms with Crippen LogP contribution in [0.2, 0.25) is 0 Å². The number of carbonyl (C=O) groups excluding carboxylic acids is 1. The standard InChI is InChI=1S/C47H95N2O6P/c1-6-8-10-12-14-16-18-20-21-22-23-24-25-26-27-29-31-33-35-37-39-41-47(51)48-45(44-55-56(52,53)54-43-42-49(3,4)5)46(50)40-38-36-34-32-30-28-19-17-15-13-11-9-7-2/h38,40,45-46,50H,6-37,39,41-44H2,1-5H3,(H-,48,51,52,53)/p+1/b40-38+. The number of hydrogen-bond donors (Lipinski definition) is 3. The van der Waals surface area contributed by atoms with E-state index in [1.54, 1.807) is 6.08 Å². The van der Waals surface area contributed by atoms with Crippen LogP contribution < -0.4 is 5.32 Å². The maximum Gasteiger partial charge on any atom is 0.472 e. The minimum Gasteiger partial charge on any atom is -0.387 e. The second-order valence-electron chi connectivity index (χ2n) is 17.8. The number of amides is 1. The fourth-order valence-corrected chi connectivity index (χ4v) is 7.90. The molecule has 0 bridgehead atoms. The van der Waals surface area contributed by atoms with Crippen molar-refractivity contribution < 1.29 is 32.9 Å². The third-order valence-corrected chi connectivity index (χ3v) is 12.0. The number of phosphoric acid groups is 1. The van der Waals surface area contributed by atoms with Gasteiger partial charge in [0.1, 0.15) is 13.2 Å². The topological polar surface area (TPSA) is 105 Å². The van der Waals surface area contributed by atoms with Crippen LogP contribution in [-0.2, 0) is 18.4 Å². The molecule has 0 aromatic carbocycles. The summed E-state index contributed by atoms with van der Waals surface area (Å²) >= 11 is 0. The van der Waals surface area contributed by atoms with Crippen molar-refractivity contribution in [3.8, 4) is 0 Å². The normalized spacial score (nSPS) is 14.3. The molecule has 0 aliphatic carbocycles. The zero-order valence-corrected chi connectivity index (χ0v) is 38.8. The van der Waals surface area contributed by atoms with Crippen LogP contribution >= 0.6 is 7.82 Å². The summed E-state index contributed by atoms with van der Waals surface area (Å²) in [6, 6.07) is -0.839. The molecule has 8 nitrogen and oxygen atoms in total. The van der Waals surface area contributed by atoms with Crippen LogP contribution in [0.1, 0.15) is 232 Å². The maximum atomic E-state index is 12.9. The van der Waals surface area contributed by atoms with Crippen LogP contribution in [0.4, 0.5) is 0 Å². The molecule has 1 amide bonds. The first-order chi connectivity index (χ1) is 27.0. The van der Waals surface area contributed by atoms with Crippen LogP contribution in [0.15, 0.2) is 12.2 Å². The monoisotopic (exact) mass is 816 g/mol. The Labute approximate surface area is 348 Å². The van der Waals surface area contributed by atoms with Crippen LogP contribution in [0.25, 0.3) is 0 Å². The Morgan fingerprint density at radius 3 is 1.32 bits per heavy atom. The van der Waals surface area contributed by atoms with Gasteiger partial charge in [-0.3, -0.25) is 13.8 Å². The molecule has 3 atom stereocenters. The molecule has 0 aliphatic rings. The van der Waals surface area contributed by atoms with E-state index in [1.807, 2.05) is 27.2 Å². The van der Waals surface area contributed by atoms with Crippen molar-refractivity contribution in [2.24, 2.45) is 0 Å². The third-order valence-electron chi connectivity index (χ3n) is 11.0. The second kappa shape index (κ2) is 39.7. The Bertz CT molecular complexity index is 927. The van der Waals surface area contributed by atoms with Gasteiger partial charge in [-0.1, -0.05) is 219 Å². The molecule has 0 rings (SSSR count). The molecule has 3 unspecified atom stereocenters. The number of aliphatic hydroxyl groups is 1. The number of quaternary nitrogens is 1. The summed E-state index contributed by atoms with van der Waals surface area (Å²) in [7, 11) is 1.58. The predicted octanol–water partition coefficient (Wildman–Crippen LogP) is 13.5. The number of nitrogens with zero attached hydrogens (tertiary/aromatic N) is 1. The average molecular weight is 816 g/mol. The summed E-state index contributed by atoms with van der Waals surface area (Å²) in [5.41, 5.74) is 0. The highest BCUT2D eigenvalue weighted by atomic mass is 31.2. The molecule has 0 spiro atoms. The SMILES string of the molecule is CCCCCCCCCCCCC/C=C/C(O)C(COP(=O)(O)OCC[N+](C)(C)C)NC(=O)CCCCCCCCCCCCCCCCCCCCCCC. The summed E-state index contributed by atoms with van der Waals surface area (Å²) in [5.74, 6) is -0.173. The first-order valence-corrected chi connectivity index (χ1v) is 25.6. The summed E-state index contributed by atoms with van der Waals surface area (Å²) in [6.07, 6.45) is 45.7. The lowest BCUT2D eigenvalue weighted by atomic mass is 10.0. The van der Waals surface area contributed by atoms with Gasteiger partial charge in [0.15, 0.2) is 0 Å². The van der Waals surface area contributed by atoms with Crippen LogP contribution in [-0.4, -0.2) is 73.4 Å². The lowest BCUT2D eigenvalue weighted by molar-refractivity contribution is -0.870. The first kappa shape index (κ1) is 55.2. The second-order valence-corrected chi connectivity index (χ2v) is 19.3. The summed E-state index contributed by atoms with van der Waals surface area (Å²) < 4.78 is 23.6. The lowest BCUT2D eigenvalue weighted by Gasteiger charge is -2.25. The van der Waals surface area contributed by atoms with Gasteiger partial charge in [-0.2, -0.15) is 0 Å². The number of nitrogens with one attached hydrogen (secondary N) is 1. The van der Waals surface area contributed by atoms with E-state index in [-0.39, 0.29) is 19.1 Å². The van der Waals surface area contributed by atoms with E-state index >= 15 is 0 Å². The number of hydrogen-bond acceptors (Lipinski definition) is 5. The molecule has 9 heteroatoms. The van der Waals surface area contributed by atoms with Crippen molar-refractivity contribution in [3.05, 3.63) is 12.2 Å². The van der Waals surface area contributed by atoms with Gasteiger partial charge < -0.3 is 19.8 Å². The van der Waals surface area contributed by atoms with Crippen LogP contribution in [0.5, 0.6) is 0 Å². The van der Waals surface area contributed by atoms with E-state index in [1.165, 1.54) is 173 Å². The molecule has 0 aromatic rings. The van der Waals surface area contributed by atoms with Gasteiger partial charge in [0.25, 0.3) is 0 Å². The number of allylic oxidation sites excluding steroid dienone is 1. The van der Waals surface area contributed by atoms with E-state index < -0.39 is 20.0 Å². The Kier molecular flexibility index (Phi) is 39.1. The number of aliphatic hydroxyl groups excluding tert-OH is 1. The molecular formula is C47H96N2O6P+. The van der Waals surface area contributed by atoms with E-state index in [0.717, 1.165) is 38.5 Å². The van der Waals surface area contributed by atoms with Crippen molar-refractivity contribution in [3.63, 3.8) is 0 Å². The van der Waals surface area contributed by atoms with Gasteiger partial charge in [-0.05, 0) is 19.3 Å². The number of unbranched alkanes of at least 4 members (excludes halogenated alkanes) is 31. The fourth-order valence-electron chi connectivity index (χ4n) is 7.16. The van der Waals surface area contributed by atoms with Gasteiger partial charge in [-0.15, -0.1) is 0 Å². The Balaban J connectivity index is 4.26. The molecule has 0 saturated heterocycles. The fraction of sp³-hybridized carbons (Fsp3) is 0.936. The molecule has 0 heterocycles. The molecule has 0 aliphatic heterocycles. The number of likely N-dealkylation sites (N-methyl/N-ethyl adjacent to an activating group) is 1. The predicted molar refractivity (Wildman–Crippen MR) is 240 cm³/mol. The molecule has 0 fully saturated rings. The van der Waals surface area contributed by atoms with E-state index in [2.05, 4.69) is 19.2 Å². The van der Waals surface area contributed by atoms with E-state index in [4.69, 9.17) is 9.05 Å². The van der Waals surface area contributed by atoms with Crippen molar-refractivity contribution in [2.75, 3.05) is 40.9 Å². The summed E-state index contributed by atoms with van der Waals surface area (Å²) in [5, 5.41) is 13.8. The van der Waals surface area contributed by atoms with Gasteiger partial charge in [0.2, 0.25) is 5.91 Å². The van der Waals surface area contributed by atoms with Gasteiger partial charge in [-0.25, -0.2) is 4.57 Å². The quantitative estimate of drug-likeness (QED) is 0.0245. The highest BCUT2D eigenvalue weighted by Crippen LogP contribution is 2.43. The number of phosphoric ester groups is 1. The average Bonchev–Trinajstić information content (AvgIpc) is 3.15. The first-order valence-electron chi connectivity index (χ1n) is 24.1. The zero-order chi connectivity index (χ0) is 41.4. The smallest absolute Gasteiger partial charge is 0.387 e. The number of rotatable bonds is 44. The van der Waals surface area contributed by atoms with Crippen molar-refractivity contribution in [1.29, 1.82) is 0 Å². The summed E-state index contributed by atoms with van der Waals surface area (Å²) in [4.78, 5) is 23.1. The third kappa shape index (κ3) is 41.4. The highest BCUT2D eigenvalue weighted by Gasteiger charge is 2.27. The van der Waals surface area contributed by atoms with Gasteiger partial charge >= 0.3 is 7.82 Å². The lowest BCUT2D eigenvalue weighted by Crippen LogP contribution is -2.45. The van der Waals surface area contributed by atoms with Crippen molar-refractivity contribution >= 4 is 13.7 Å². The van der Waals surface area contributed by atoms with E-state index in [9.17, 15) is 19.4 Å². The molecule has 0 saturated carbocycles. The number of carbonyl (C=O) groups is 1. The van der Waals surface area contributed by atoms with Gasteiger partial charge in [0.05, 0.1) is 39.9 Å². The van der Waals surface area contributed by atoms with Gasteiger partial charge in [0, 0.05) is 6.42 Å². The van der Waals surface area contributed by atoms with Crippen molar-refractivity contribution in [2.45, 2.75) is 244 Å². The molecular weight excluding hydrogens is 719 g/mol. The Morgan fingerprint density at radius 2 is 0.946 bits per heavy atom. The van der Waals surface area contributed by atoms with Crippen LogP contribution in [0.3, 0.4) is 0 Å². The highest BCUT2D eigenvalue weighted by molar-refractivity contribution is 7.47. The maximum absolute atomic E-state index is 12.9. The molecule has 0 radical (unpaired) electrons. The summed E-state index contributed by atoms with van der Waals surface area (Å²) in [6.45, 7) is 4.83. The largest absolute Gasteiger partial charge is 0.472 e. The molecule has 3 N–H and O–H groups in total. The molecule has 56 heavy (non-hydrogen) atoms. The Morgan fingerprint density at radius 1 is 0.589 bits per heavy atom. The van der Waals surface area contributed by atoms with Crippen molar-refractivity contribution in [1.82, 2.24) is 5.32 Å². The minimum absolute atomic E-state index is 0.0647.